The molecule has 0 aliphatic rings. The molecule has 0 fully saturated rings. The Morgan fingerprint density at radius 1 is 0.833 bits per heavy atom. The molecule has 0 aliphatic carbocycles. The molecular weight excluding hydrogens is 373 g/mol. The summed E-state index contributed by atoms with van der Waals surface area (Å²) < 4.78 is 40.2. The van der Waals surface area contributed by atoms with Crippen LogP contribution < -0.4 is 0 Å². The molecule has 0 spiro atoms. The van der Waals surface area contributed by atoms with Crippen LogP contribution in [0, 0.1) is 17.5 Å². The molecule has 1 unspecified atom stereocenters. The quantitative estimate of drug-likeness (QED) is 0.617. The summed E-state index contributed by atoms with van der Waals surface area (Å²) in [6.45, 7) is 0. The van der Waals surface area contributed by atoms with E-state index in [1.807, 2.05) is 0 Å². The maximum Gasteiger partial charge on any atom is 0.128 e. The molecule has 0 saturated carbocycles. The van der Waals surface area contributed by atoms with Crippen molar-refractivity contribution in [2.45, 2.75) is 4.83 Å². The van der Waals surface area contributed by atoms with E-state index < -0.39 is 22.3 Å². The molecule has 2 aromatic rings. The molecule has 2 aromatic carbocycles. The number of rotatable bonds is 2. The molecule has 2 rings (SSSR count). The van der Waals surface area contributed by atoms with Crippen molar-refractivity contribution in [1.82, 2.24) is 0 Å². The largest absolute Gasteiger partial charge is 0.207 e. The molecule has 0 aliphatic heterocycles. The second-order valence-corrected chi connectivity index (χ2v) is 5.46. The van der Waals surface area contributed by atoms with Gasteiger partial charge in [0.2, 0.25) is 0 Å². The van der Waals surface area contributed by atoms with Gasteiger partial charge in [-0.1, -0.05) is 37.9 Å². The smallest absolute Gasteiger partial charge is 0.128 e. The van der Waals surface area contributed by atoms with Crippen molar-refractivity contribution in [3.05, 3.63) is 69.4 Å². The number of halogens is 5. The van der Waals surface area contributed by atoms with Gasteiger partial charge in [0.05, 0.1) is 4.83 Å². The molecule has 0 heterocycles. The van der Waals surface area contributed by atoms with Crippen LogP contribution in [0.2, 0.25) is 0 Å². The van der Waals surface area contributed by atoms with Gasteiger partial charge in [-0.2, -0.15) is 0 Å². The van der Waals surface area contributed by atoms with E-state index in [0.29, 0.717) is 10.0 Å². The zero-order valence-electron chi connectivity index (χ0n) is 8.93. The van der Waals surface area contributed by atoms with E-state index in [-0.39, 0.29) is 5.56 Å². The summed E-state index contributed by atoms with van der Waals surface area (Å²) in [5, 5.41) is 0. The summed E-state index contributed by atoms with van der Waals surface area (Å²) >= 11 is 6.50. The van der Waals surface area contributed by atoms with Crippen molar-refractivity contribution in [2.24, 2.45) is 0 Å². The molecule has 0 N–H and O–H groups in total. The van der Waals surface area contributed by atoms with Crippen molar-refractivity contribution in [3.8, 4) is 0 Å². The van der Waals surface area contributed by atoms with E-state index in [9.17, 15) is 13.2 Å². The fourth-order valence-electron chi connectivity index (χ4n) is 1.58. The molecule has 18 heavy (non-hydrogen) atoms. The highest BCUT2D eigenvalue weighted by Crippen LogP contribution is 2.37. The zero-order valence-corrected chi connectivity index (χ0v) is 12.1. The molecule has 94 valence electrons. The highest BCUT2D eigenvalue weighted by atomic mass is 79.9. The lowest BCUT2D eigenvalue weighted by Gasteiger charge is -2.13. The Bertz CT molecular complexity index is 584. The third kappa shape index (κ3) is 2.78. The summed E-state index contributed by atoms with van der Waals surface area (Å²) in [7, 11) is 0. The van der Waals surface area contributed by atoms with Crippen molar-refractivity contribution in [3.63, 3.8) is 0 Å². The van der Waals surface area contributed by atoms with Gasteiger partial charge in [0.25, 0.3) is 0 Å². The minimum absolute atomic E-state index is 0.169. The van der Waals surface area contributed by atoms with Crippen LogP contribution in [0.25, 0.3) is 0 Å². The third-order valence-electron chi connectivity index (χ3n) is 2.47. The third-order valence-corrected chi connectivity index (χ3v) is 4.14. The van der Waals surface area contributed by atoms with Crippen LogP contribution in [0.1, 0.15) is 16.0 Å². The van der Waals surface area contributed by atoms with E-state index in [2.05, 4.69) is 31.9 Å². The minimum atomic E-state index is -0.553. The van der Waals surface area contributed by atoms with Gasteiger partial charge >= 0.3 is 0 Å². The summed E-state index contributed by atoms with van der Waals surface area (Å²) in [6, 6.07) is 7.30. The molecule has 1 atom stereocenters. The van der Waals surface area contributed by atoms with Crippen LogP contribution in [-0.4, -0.2) is 0 Å². The van der Waals surface area contributed by atoms with Crippen LogP contribution in [0.5, 0.6) is 0 Å². The fraction of sp³-hybridized carbons (Fsp3) is 0.0769. The van der Waals surface area contributed by atoms with E-state index in [4.69, 9.17) is 0 Å². The Labute approximate surface area is 119 Å². The first kappa shape index (κ1) is 13.6. The predicted octanol–water partition coefficient (Wildman–Crippen LogP) is 5.35. The van der Waals surface area contributed by atoms with Gasteiger partial charge in [-0.3, -0.25) is 0 Å². The molecular formula is C13H7Br2F3. The standard InChI is InChI=1S/C13H7Br2F3/c14-11-6-8(17)1-3-9(11)13(15)10-5-7(16)2-4-12(10)18/h1-6,13H. The van der Waals surface area contributed by atoms with E-state index >= 15 is 0 Å². The number of hydrogen-bond acceptors (Lipinski definition) is 0. The fourth-order valence-corrected chi connectivity index (χ4v) is 3.22. The van der Waals surface area contributed by atoms with Crippen molar-refractivity contribution in [2.75, 3.05) is 0 Å². The van der Waals surface area contributed by atoms with Crippen LogP contribution in [0.4, 0.5) is 13.2 Å². The van der Waals surface area contributed by atoms with Crippen LogP contribution in [0.3, 0.4) is 0 Å². The minimum Gasteiger partial charge on any atom is -0.207 e. The molecule has 0 saturated heterocycles. The first-order valence-electron chi connectivity index (χ1n) is 5.03. The van der Waals surface area contributed by atoms with E-state index in [0.717, 1.165) is 18.2 Å². The second-order valence-electron chi connectivity index (χ2n) is 3.69. The van der Waals surface area contributed by atoms with Crippen LogP contribution in [-0.2, 0) is 0 Å². The highest BCUT2D eigenvalue weighted by Gasteiger charge is 2.18. The summed E-state index contributed by atoms with van der Waals surface area (Å²) in [4.78, 5) is -0.553. The van der Waals surface area contributed by atoms with Crippen molar-refractivity contribution in [1.29, 1.82) is 0 Å². The number of hydrogen-bond donors (Lipinski definition) is 0. The Morgan fingerprint density at radius 3 is 2.11 bits per heavy atom. The number of alkyl halides is 1. The lowest BCUT2D eigenvalue weighted by Crippen LogP contribution is -1.99. The first-order chi connectivity index (χ1) is 8.49. The lowest BCUT2D eigenvalue weighted by atomic mass is 10.0. The molecule has 5 heteroatoms. The zero-order chi connectivity index (χ0) is 13.3. The topological polar surface area (TPSA) is 0 Å². The Balaban J connectivity index is 2.47. The Morgan fingerprint density at radius 2 is 1.44 bits per heavy atom. The maximum atomic E-state index is 13.6. The molecule has 0 bridgehead atoms. The van der Waals surface area contributed by atoms with Gasteiger partial charge in [0, 0.05) is 10.0 Å². The first-order valence-corrected chi connectivity index (χ1v) is 6.74. The average molecular weight is 380 g/mol. The number of benzene rings is 2. The lowest BCUT2D eigenvalue weighted by molar-refractivity contribution is 0.588. The van der Waals surface area contributed by atoms with E-state index in [1.165, 1.54) is 18.2 Å². The summed E-state index contributed by atoms with van der Waals surface area (Å²) in [6.07, 6.45) is 0. The van der Waals surface area contributed by atoms with Crippen LogP contribution >= 0.6 is 31.9 Å². The maximum absolute atomic E-state index is 13.6. The van der Waals surface area contributed by atoms with Crippen molar-refractivity contribution < 1.29 is 13.2 Å². The Hall–Kier alpha value is -0.810. The highest BCUT2D eigenvalue weighted by molar-refractivity contribution is 9.11. The summed E-state index contributed by atoms with van der Waals surface area (Å²) in [5.74, 6) is -1.44. The van der Waals surface area contributed by atoms with E-state index in [1.54, 1.807) is 0 Å². The summed E-state index contributed by atoms with van der Waals surface area (Å²) in [5.41, 5.74) is 0.795. The van der Waals surface area contributed by atoms with Crippen molar-refractivity contribution >= 4 is 31.9 Å². The Kier molecular flexibility index (Phi) is 4.12. The van der Waals surface area contributed by atoms with Gasteiger partial charge in [0.1, 0.15) is 17.5 Å². The van der Waals surface area contributed by atoms with Gasteiger partial charge < -0.3 is 0 Å². The molecule has 0 nitrogen and oxygen atoms in total. The van der Waals surface area contributed by atoms with Gasteiger partial charge in [-0.15, -0.1) is 0 Å². The average Bonchev–Trinajstić information content (AvgIpc) is 2.31. The van der Waals surface area contributed by atoms with Gasteiger partial charge in [-0.05, 0) is 35.9 Å². The second kappa shape index (κ2) is 5.45. The molecule has 0 amide bonds. The SMILES string of the molecule is Fc1ccc(C(Br)c2cc(F)ccc2F)c(Br)c1. The normalized spacial score (nSPS) is 12.5. The predicted molar refractivity (Wildman–Crippen MR) is 71.2 cm³/mol. The molecule has 0 aromatic heterocycles. The molecule has 0 radical (unpaired) electrons. The van der Waals surface area contributed by atoms with Crippen LogP contribution in [0.15, 0.2) is 40.9 Å². The van der Waals surface area contributed by atoms with Gasteiger partial charge in [0.15, 0.2) is 0 Å². The monoisotopic (exact) mass is 378 g/mol. The van der Waals surface area contributed by atoms with Gasteiger partial charge in [-0.25, -0.2) is 13.2 Å².